The van der Waals surface area contributed by atoms with Crippen molar-refractivity contribution in [3.05, 3.63) is 23.8 Å². The van der Waals surface area contributed by atoms with E-state index in [9.17, 15) is 14.7 Å². The molecule has 0 spiro atoms. The summed E-state index contributed by atoms with van der Waals surface area (Å²) in [6.45, 7) is -0.200. The first kappa shape index (κ1) is 19.6. The summed E-state index contributed by atoms with van der Waals surface area (Å²) in [5, 5.41) is 12.5. The topological polar surface area (TPSA) is 97.3 Å². The summed E-state index contributed by atoms with van der Waals surface area (Å²) < 4.78 is 16.8. The number of hydrogen-bond acceptors (Lipinski definition) is 6. The molecule has 0 bridgehead atoms. The summed E-state index contributed by atoms with van der Waals surface area (Å²) in [5.74, 6) is 0.457. The van der Waals surface area contributed by atoms with E-state index in [4.69, 9.17) is 14.2 Å². The fraction of sp³-hybridized carbons (Fsp3) is 0.579. The van der Waals surface area contributed by atoms with E-state index in [2.05, 4.69) is 5.32 Å². The zero-order valence-corrected chi connectivity index (χ0v) is 15.8. The van der Waals surface area contributed by atoms with Gasteiger partial charge in [0.2, 0.25) is 11.8 Å². The van der Waals surface area contributed by atoms with Crippen molar-refractivity contribution in [2.24, 2.45) is 0 Å². The minimum Gasteiger partial charge on any atom is -0.487 e. The number of fused-ring (bicyclic) bond motifs is 3. The van der Waals surface area contributed by atoms with Gasteiger partial charge in [-0.15, -0.1) is 0 Å². The quantitative estimate of drug-likeness (QED) is 0.758. The Labute approximate surface area is 158 Å². The molecule has 2 heterocycles. The third-order valence-corrected chi connectivity index (χ3v) is 4.96. The van der Waals surface area contributed by atoms with E-state index in [1.807, 2.05) is 12.1 Å². The van der Waals surface area contributed by atoms with Crippen LogP contribution in [0.25, 0.3) is 0 Å². The standard InChI is InChI=1S/C19H26N2O6/c1-21(2)18(24)8-12-7-14-13-6-11(20-17(23)10-25-3)4-5-15(13)27-19(14)16(9-22)26-12/h4-6,12,14,16,19,22H,7-10H2,1-3H3,(H,20,23)/t12-,14-,16-,19+/m0/s1. The van der Waals surface area contributed by atoms with Gasteiger partial charge in [-0.2, -0.15) is 0 Å². The van der Waals surface area contributed by atoms with E-state index in [0.717, 1.165) is 11.3 Å². The molecule has 4 atom stereocenters. The van der Waals surface area contributed by atoms with Gasteiger partial charge >= 0.3 is 0 Å². The summed E-state index contributed by atoms with van der Waals surface area (Å²) in [6, 6.07) is 5.47. The second-order valence-electron chi connectivity index (χ2n) is 7.13. The second-order valence-corrected chi connectivity index (χ2v) is 7.13. The molecule has 27 heavy (non-hydrogen) atoms. The van der Waals surface area contributed by atoms with E-state index >= 15 is 0 Å². The van der Waals surface area contributed by atoms with Gasteiger partial charge in [-0.05, 0) is 24.6 Å². The maximum atomic E-state index is 12.1. The molecule has 1 aromatic rings. The van der Waals surface area contributed by atoms with Crippen LogP contribution in [-0.2, 0) is 19.1 Å². The van der Waals surface area contributed by atoms with Crippen LogP contribution in [0.1, 0.15) is 24.3 Å². The van der Waals surface area contributed by atoms with Gasteiger partial charge in [0.05, 0.1) is 19.1 Å². The minimum absolute atomic E-state index is 0.00913. The average molecular weight is 378 g/mol. The Kier molecular flexibility index (Phi) is 5.98. The van der Waals surface area contributed by atoms with Crippen molar-refractivity contribution in [1.29, 1.82) is 0 Å². The smallest absolute Gasteiger partial charge is 0.250 e. The third-order valence-electron chi connectivity index (χ3n) is 4.96. The first-order valence-corrected chi connectivity index (χ1v) is 8.98. The highest BCUT2D eigenvalue weighted by atomic mass is 16.6. The molecule has 0 unspecified atom stereocenters. The Bertz CT molecular complexity index is 707. The predicted molar refractivity (Wildman–Crippen MR) is 97.8 cm³/mol. The van der Waals surface area contributed by atoms with E-state index in [1.54, 1.807) is 20.2 Å². The maximum Gasteiger partial charge on any atom is 0.250 e. The lowest BCUT2D eigenvalue weighted by Crippen LogP contribution is -2.47. The average Bonchev–Trinajstić information content (AvgIpc) is 2.99. The highest BCUT2D eigenvalue weighted by molar-refractivity contribution is 5.91. The lowest BCUT2D eigenvalue weighted by atomic mass is 9.84. The molecule has 1 saturated heterocycles. The lowest BCUT2D eigenvalue weighted by Gasteiger charge is -2.37. The Hall–Kier alpha value is -2.16. The number of ether oxygens (including phenoxy) is 3. The van der Waals surface area contributed by atoms with E-state index in [1.165, 1.54) is 12.0 Å². The molecule has 2 aliphatic rings. The first-order chi connectivity index (χ1) is 12.9. The van der Waals surface area contributed by atoms with Crippen LogP contribution < -0.4 is 10.1 Å². The third kappa shape index (κ3) is 4.23. The molecule has 0 radical (unpaired) electrons. The van der Waals surface area contributed by atoms with Crippen LogP contribution in [0.3, 0.4) is 0 Å². The molecule has 2 N–H and O–H groups in total. The first-order valence-electron chi connectivity index (χ1n) is 8.98. The number of amides is 2. The predicted octanol–water partition coefficient (Wildman–Crippen LogP) is 0.744. The molecular weight excluding hydrogens is 352 g/mol. The van der Waals surface area contributed by atoms with E-state index < -0.39 is 6.10 Å². The molecule has 1 fully saturated rings. The van der Waals surface area contributed by atoms with Gasteiger partial charge in [-0.3, -0.25) is 9.59 Å². The Balaban J connectivity index is 1.79. The highest BCUT2D eigenvalue weighted by Crippen LogP contribution is 2.47. The number of nitrogens with zero attached hydrogens (tertiary/aromatic N) is 1. The number of aliphatic hydroxyl groups is 1. The highest BCUT2D eigenvalue weighted by Gasteiger charge is 2.46. The van der Waals surface area contributed by atoms with Crippen molar-refractivity contribution < 1.29 is 28.9 Å². The van der Waals surface area contributed by atoms with Crippen LogP contribution in [0.4, 0.5) is 5.69 Å². The number of carbonyl (C=O) groups excluding carboxylic acids is 2. The zero-order chi connectivity index (χ0) is 19.6. The monoisotopic (exact) mass is 378 g/mol. The Morgan fingerprint density at radius 1 is 1.37 bits per heavy atom. The molecule has 0 aliphatic carbocycles. The molecule has 1 aromatic carbocycles. The van der Waals surface area contributed by atoms with Crippen molar-refractivity contribution in [2.75, 3.05) is 39.7 Å². The van der Waals surface area contributed by atoms with Gasteiger partial charge in [0.25, 0.3) is 0 Å². The fourth-order valence-electron chi connectivity index (χ4n) is 3.67. The summed E-state index contributed by atoms with van der Waals surface area (Å²) >= 11 is 0. The largest absolute Gasteiger partial charge is 0.487 e. The SMILES string of the molecule is COCC(=O)Nc1ccc2c(c1)[C@@H]1C[C@@H](CC(=O)N(C)C)O[C@@H](CO)[C@@H]1O2. The van der Waals surface area contributed by atoms with Gasteiger partial charge in [0, 0.05) is 38.4 Å². The second kappa shape index (κ2) is 8.24. The fourth-order valence-corrected chi connectivity index (χ4v) is 3.67. The van der Waals surface area contributed by atoms with E-state index in [0.29, 0.717) is 12.1 Å². The molecule has 8 heteroatoms. The summed E-state index contributed by atoms with van der Waals surface area (Å²) in [4.78, 5) is 25.4. The van der Waals surface area contributed by atoms with Crippen molar-refractivity contribution >= 4 is 17.5 Å². The van der Waals surface area contributed by atoms with Gasteiger partial charge in [-0.25, -0.2) is 0 Å². The molecule has 2 amide bonds. The molecular formula is C19H26N2O6. The summed E-state index contributed by atoms with van der Waals surface area (Å²) in [7, 11) is 4.88. The summed E-state index contributed by atoms with van der Waals surface area (Å²) in [5.41, 5.74) is 1.62. The number of aliphatic hydroxyl groups excluding tert-OH is 1. The van der Waals surface area contributed by atoms with Gasteiger partial charge in [-0.1, -0.05) is 0 Å². The zero-order valence-electron chi connectivity index (χ0n) is 15.8. The molecule has 3 rings (SSSR count). The van der Waals surface area contributed by atoms with Gasteiger partial charge < -0.3 is 29.5 Å². The molecule has 2 aliphatic heterocycles. The molecule has 148 valence electrons. The Morgan fingerprint density at radius 3 is 2.81 bits per heavy atom. The number of benzene rings is 1. The van der Waals surface area contributed by atoms with Crippen molar-refractivity contribution in [3.8, 4) is 5.75 Å². The van der Waals surface area contributed by atoms with Crippen LogP contribution >= 0.6 is 0 Å². The molecule has 0 aromatic heterocycles. The number of anilines is 1. The number of hydrogen-bond donors (Lipinski definition) is 2. The number of methoxy groups -OCH3 is 1. The van der Waals surface area contributed by atoms with Gasteiger partial charge in [0.15, 0.2) is 0 Å². The van der Waals surface area contributed by atoms with Crippen molar-refractivity contribution in [2.45, 2.75) is 37.1 Å². The molecule has 0 saturated carbocycles. The number of rotatable bonds is 6. The van der Waals surface area contributed by atoms with Gasteiger partial charge in [0.1, 0.15) is 24.6 Å². The summed E-state index contributed by atoms with van der Waals surface area (Å²) in [6.07, 6.45) is -0.224. The van der Waals surface area contributed by atoms with Crippen LogP contribution in [0.2, 0.25) is 0 Å². The van der Waals surface area contributed by atoms with Crippen molar-refractivity contribution in [1.82, 2.24) is 4.90 Å². The van der Waals surface area contributed by atoms with Crippen LogP contribution in [0.15, 0.2) is 18.2 Å². The molecule has 8 nitrogen and oxygen atoms in total. The van der Waals surface area contributed by atoms with Crippen LogP contribution in [0, 0.1) is 0 Å². The Morgan fingerprint density at radius 2 is 2.15 bits per heavy atom. The normalized spacial score (nSPS) is 25.9. The van der Waals surface area contributed by atoms with Crippen molar-refractivity contribution in [3.63, 3.8) is 0 Å². The number of carbonyl (C=O) groups is 2. The lowest BCUT2D eigenvalue weighted by molar-refractivity contribution is -0.147. The maximum absolute atomic E-state index is 12.1. The van der Waals surface area contributed by atoms with E-state index in [-0.39, 0.29) is 49.6 Å². The van der Waals surface area contributed by atoms with Crippen LogP contribution in [0.5, 0.6) is 5.75 Å². The minimum atomic E-state index is -0.498. The van der Waals surface area contributed by atoms with Crippen LogP contribution in [-0.4, -0.2) is 74.6 Å². The number of nitrogens with one attached hydrogen (secondary N) is 1.